The highest BCUT2D eigenvalue weighted by Crippen LogP contribution is 2.14. The van der Waals surface area contributed by atoms with E-state index in [4.69, 9.17) is 11.6 Å². The minimum Gasteiger partial charge on any atom is -0.273 e. The predicted octanol–water partition coefficient (Wildman–Crippen LogP) is 2.53. The SMILES string of the molecule is O=C(Cc1cnn(-c2ccccc2)c1)NNC(=O)c1ccccc1Cl. The normalized spacial score (nSPS) is 10.3. The molecule has 0 saturated carbocycles. The van der Waals surface area contributed by atoms with Gasteiger partial charge in [-0.05, 0) is 29.8 Å². The molecule has 3 aromatic rings. The molecule has 25 heavy (non-hydrogen) atoms. The van der Waals surface area contributed by atoms with Crippen LogP contribution in [0.2, 0.25) is 5.02 Å². The fourth-order valence-electron chi connectivity index (χ4n) is 2.24. The van der Waals surface area contributed by atoms with Gasteiger partial charge in [-0.1, -0.05) is 41.9 Å². The van der Waals surface area contributed by atoms with Crippen LogP contribution in [-0.4, -0.2) is 21.6 Å². The third-order valence-electron chi connectivity index (χ3n) is 3.46. The highest BCUT2D eigenvalue weighted by molar-refractivity contribution is 6.33. The van der Waals surface area contributed by atoms with E-state index in [-0.39, 0.29) is 12.3 Å². The monoisotopic (exact) mass is 354 g/mol. The van der Waals surface area contributed by atoms with Crippen molar-refractivity contribution < 1.29 is 9.59 Å². The van der Waals surface area contributed by atoms with Crippen LogP contribution in [-0.2, 0) is 11.2 Å². The second-order valence-corrected chi connectivity index (χ2v) is 5.69. The molecule has 126 valence electrons. The van der Waals surface area contributed by atoms with Crippen LogP contribution in [0.15, 0.2) is 67.0 Å². The zero-order valence-corrected chi connectivity index (χ0v) is 13.9. The number of hydrazine groups is 1. The number of carbonyl (C=O) groups excluding carboxylic acids is 2. The minimum absolute atomic E-state index is 0.0929. The Morgan fingerprint density at radius 3 is 2.48 bits per heavy atom. The van der Waals surface area contributed by atoms with E-state index in [0.29, 0.717) is 10.6 Å². The largest absolute Gasteiger partial charge is 0.273 e. The molecule has 0 unspecified atom stereocenters. The standard InChI is InChI=1S/C18H15ClN4O2/c19-16-9-5-4-8-15(16)18(25)22-21-17(24)10-13-11-20-23(12-13)14-6-2-1-3-7-14/h1-9,11-12H,10H2,(H,21,24)(H,22,25). The van der Waals surface area contributed by atoms with Gasteiger partial charge in [-0.2, -0.15) is 5.10 Å². The number of rotatable bonds is 4. The Balaban J connectivity index is 1.56. The first-order valence-electron chi connectivity index (χ1n) is 7.56. The number of benzene rings is 2. The van der Waals surface area contributed by atoms with Gasteiger partial charge in [-0.15, -0.1) is 0 Å². The number of nitrogens with zero attached hydrogens (tertiary/aromatic N) is 2. The van der Waals surface area contributed by atoms with Crippen LogP contribution >= 0.6 is 11.6 Å². The molecule has 1 heterocycles. The summed E-state index contributed by atoms with van der Waals surface area (Å²) in [5, 5.41) is 4.54. The molecule has 7 heteroatoms. The topological polar surface area (TPSA) is 76.0 Å². The van der Waals surface area contributed by atoms with Crippen molar-refractivity contribution in [3.63, 3.8) is 0 Å². The maximum Gasteiger partial charge on any atom is 0.271 e. The van der Waals surface area contributed by atoms with Gasteiger partial charge in [-0.25, -0.2) is 4.68 Å². The molecule has 0 aliphatic heterocycles. The summed E-state index contributed by atoms with van der Waals surface area (Å²) in [7, 11) is 0. The lowest BCUT2D eigenvalue weighted by Crippen LogP contribution is -2.42. The number of amides is 2. The second kappa shape index (κ2) is 7.63. The molecule has 1 aromatic heterocycles. The Kier molecular flexibility index (Phi) is 5.11. The van der Waals surface area contributed by atoms with Crippen molar-refractivity contribution in [2.45, 2.75) is 6.42 Å². The third kappa shape index (κ3) is 4.24. The molecule has 0 saturated heterocycles. The molecular formula is C18H15ClN4O2. The van der Waals surface area contributed by atoms with E-state index in [1.807, 2.05) is 30.3 Å². The van der Waals surface area contributed by atoms with E-state index < -0.39 is 5.91 Å². The summed E-state index contributed by atoms with van der Waals surface area (Å²) in [5.74, 6) is -0.827. The smallest absolute Gasteiger partial charge is 0.271 e. The first kappa shape index (κ1) is 16.7. The van der Waals surface area contributed by atoms with Gasteiger partial charge in [0.1, 0.15) is 0 Å². The zero-order valence-electron chi connectivity index (χ0n) is 13.1. The van der Waals surface area contributed by atoms with E-state index in [2.05, 4.69) is 16.0 Å². The summed E-state index contributed by atoms with van der Waals surface area (Å²) in [6, 6.07) is 16.2. The van der Waals surface area contributed by atoms with Crippen LogP contribution in [0.25, 0.3) is 5.69 Å². The number of aromatic nitrogens is 2. The van der Waals surface area contributed by atoms with Crippen LogP contribution in [0, 0.1) is 0 Å². The van der Waals surface area contributed by atoms with E-state index in [9.17, 15) is 9.59 Å². The van der Waals surface area contributed by atoms with Gasteiger partial charge in [-0.3, -0.25) is 20.4 Å². The summed E-state index contributed by atoms with van der Waals surface area (Å²) in [5.41, 5.74) is 6.65. The molecule has 0 fully saturated rings. The number of nitrogens with one attached hydrogen (secondary N) is 2. The molecule has 0 aliphatic carbocycles. The molecule has 2 aromatic carbocycles. The molecule has 2 amide bonds. The van der Waals surface area contributed by atoms with Gasteiger partial charge < -0.3 is 0 Å². The fourth-order valence-corrected chi connectivity index (χ4v) is 2.46. The molecule has 0 aliphatic rings. The van der Waals surface area contributed by atoms with Crippen LogP contribution in [0.3, 0.4) is 0 Å². The summed E-state index contributed by atoms with van der Waals surface area (Å²) < 4.78 is 1.69. The van der Waals surface area contributed by atoms with Crippen molar-refractivity contribution >= 4 is 23.4 Å². The zero-order chi connectivity index (χ0) is 17.6. The Bertz CT molecular complexity index is 893. The minimum atomic E-state index is -0.473. The number of halogens is 1. The number of hydrogen-bond acceptors (Lipinski definition) is 3. The maximum absolute atomic E-state index is 12.0. The number of hydrogen-bond donors (Lipinski definition) is 2. The molecule has 3 rings (SSSR count). The molecule has 0 spiro atoms. The van der Waals surface area contributed by atoms with Gasteiger partial charge in [0.15, 0.2) is 0 Å². The summed E-state index contributed by atoms with van der Waals surface area (Å²) in [4.78, 5) is 24.0. The molecule has 0 atom stereocenters. The van der Waals surface area contributed by atoms with Crippen molar-refractivity contribution in [1.82, 2.24) is 20.6 Å². The van der Waals surface area contributed by atoms with Crippen molar-refractivity contribution in [2.24, 2.45) is 0 Å². The van der Waals surface area contributed by atoms with Crippen molar-refractivity contribution in [3.8, 4) is 5.69 Å². The van der Waals surface area contributed by atoms with Gasteiger partial charge in [0, 0.05) is 6.20 Å². The van der Waals surface area contributed by atoms with Crippen LogP contribution < -0.4 is 10.9 Å². The molecular weight excluding hydrogens is 340 g/mol. The lowest BCUT2D eigenvalue weighted by Gasteiger charge is -2.07. The summed E-state index contributed by atoms with van der Waals surface area (Å²) in [6.07, 6.45) is 3.48. The summed E-state index contributed by atoms with van der Waals surface area (Å²) in [6.45, 7) is 0. The predicted molar refractivity (Wildman–Crippen MR) is 94.3 cm³/mol. The molecule has 6 nitrogen and oxygen atoms in total. The molecule has 0 bridgehead atoms. The summed E-state index contributed by atoms with van der Waals surface area (Å²) >= 11 is 5.94. The third-order valence-corrected chi connectivity index (χ3v) is 3.79. The van der Waals surface area contributed by atoms with E-state index in [0.717, 1.165) is 11.3 Å². The lowest BCUT2D eigenvalue weighted by molar-refractivity contribution is -0.121. The Morgan fingerprint density at radius 2 is 1.72 bits per heavy atom. The lowest BCUT2D eigenvalue weighted by atomic mass is 10.2. The highest BCUT2D eigenvalue weighted by atomic mass is 35.5. The van der Waals surface area contributed by atoms with Gasteiger partial charge in [0.25, 0.3) is 5.91 Å². The van der Waals surface area contributed by atoms with Gasteiger partial charge >= 0.3 is 0 Å². The average molecular weight is 355 g/mol. The van der Waals surface area contributed by atoms with Crippen LogP contribution in [0.1, 0.15) is 15.9 Å². The molecule has 2 N–H and O–H groups in total. The highest BCUT2D eigenvalue weighted by Gasteiger charge is 2.11. The second-order valence-electron chi connectivity index (χ2n) is 5.29. The van der Waals surface area contributed by atoms with Crippen molar-refractivity contribution in [2.75, 3.05) is 0 Å². The van der Waals surface area contributed by atoms with E-state index in [1.165, 1.54) is 0 Å². The number of para-hydroxylation sites is 1. The fraction of sp³-hybridized carbons (Fsp3) is 0.0556. The quantitative estimate of drug-likeness (QED) is 0.707. The average Bonchev–Trinajstić information content (AvgIpc) is 3.09. The van der Waals surface area contributed by atoms with E-state index >= 15 is 0 Å². The van der Waals surface area contributed by atoms with Crippen molar-refractivity contribution in [3.05, 3.63) is 83.1 Å². The van der Waals surface area contributed by atoms with Crippen molar-refractivity contribution in [1.29, 1.82) is 0 Å². The van der Waals surface area contributed by atoms with Crippen LogP contribution in [0.5, 0.6) is 0 Å². The van der Waals surface area contributed by atoms with E-state index in [1.54, 1.807) is 41.3 Å². The first-order chi connectivity index (χ1) is 12.1. The van der Waals surface area contributed by atoms with Gasteiger partial charge in [0.05, 0.1) is 28.9 Å². The molecule has 0 radical (unpaired) electrons. The van der Waals surface area contributed by atoms with Gasteiger partial charge in [0.2, 0.25) is 5.91 Å². The Morgan fingerprint density at radius 1 is 1.00 bits per heavy atom. The Hall–Kier alpha value is -3.12. The van der Waals surface area contributed by atoms with Crippen LogP contribution in [0.4, 0.5) is 0 Å². The Labute approximate surface area is 149 Å². The number of carbonyl (C=O) groups is 2. The maximum atomic E-state index is 12.0. The first-order valence-corrected chi connectivity index (χ1v) is 7.94.